The molecule has 1 unspecified atom stereocenters. The number of para-hydroxylation sites is 1. The third kappa shape index (κ3) is 2.82. The number of hydrogen-bond acceptors (Lipinski definition) is 2. The Kier molecular flexibility index (Phi) is 4.08. The minimum absolute atomic E-state index is 0.0852. The molecular weight excluding hydrogens is 256 g/mol. The third-order valence-electron chi connectivity index (χ3n) is 3.23. The molecule has 0 aliphatic rings. The van der Waals surface area contributed by atoms with Gasteiger partial charge < -0.3 is 15.0 Å². The summed E-state index contributed by atoms with van der Waals surface area (Å²) in [4.78, 5) is 22.9. The molecule has 0 bridgehead atoms. The monoisotopic (exact) mass is 274 g/mol. The molecule has 0 radical (unpaired) electrons. The van der Waals surface area contributed by atoms with Crippen molar-refractivity contribution in [2.75, 3.05) is 0 Å². The molecule has 1 heterocycles. The fourth-order valence-corrected chi connectivity index (χ4v) is 2.30. The van der Waals surface area contributed by atoms with E-state index in [0.717, 1.165) is 17.4 Å². The van der Waals surface area contributed by atoms with Crippen molar-refractivity contribution in [3.63, 3.8) is 0 Å². The van der Waals surface area contributed by atoms with E-state index in [2.05, 4.69) is 5.32 Å². The maximum Gasteiger partial charge on any atom is 0.305 e. The summed E-state index contributed by atoms with van der Waals surface area (Å²) >= 11 is 0. The van der Waals surface area contributed by atoms with E-state index in [1.165, 1.54) is 0 Å². The second-order valence-corrected chi connectivity index (χ2v) is 4.82. The second-order valence-electron chi connectivity index (χ2n) is 4.82. The molecule has 20 heavy (non-hydrogen) atoms. The number of carboxylic acids is 1. The van der Waals surface area contributed by atoms with Crippen molar-refractivity contribution in [3.8, 4) is 0 Å². The molecule has 2 aromatic rings. The van der Waals surface area contributed by atoms with Gasteiger partial charge in [0.25, 0.3) is 5.91 Å². The average molecular weight is 274 g/mol. The van der Waals surface area contributed by atoms with Crippen LogP contribution >= 0.6 is 0 Å². The first-order valence-electron chi connectivity index (χ1n) is 6.63. The van der Waals surface area contributed by atoms with Crippen LogP contribution in [0.2, 0.25) is 0 Å². The Balaban J connectivity index is 2.28. The molecule has 0 fully saturated rings. The topological polar surface area (TPSA) is 71.3 Å². The van der Waals surface area contributed by atoms with E-state index in [4.69, 9.17) is 5.11 Å². The Morgan fingerprint density at radius 2 is 2.05 bits per heavy atom. The summed E-state index contributed by atoms with van der Waals surface area (Å²) in [5.74, 6) is -1.16. The quantitative estimate of drug-likeness (QED) is 0.878. The Labute approximate surface area is 117 Å². The van der Waals surface area contributed by atoms with Gasteiger partial charge in [-0.2, -0.15) is 0 Å². The molecule has 0 spiro atoms. The minimum Gasteiger partial charge on any atom is -0.481 e. The molecule has 2 N–H and O–H groups in total. The zero-order valence-corrected chi connectivity index (χ0v) is 11.6. The number of rotatable bonds is 5. The molecule has 1 atom stereocenters. The lowest BCUT2D eigenvalue weighted by Crippen LogP contribution is -2.34. The lowest BCUT2D eigenvalue weighted by Gasteiger charge is -2.10. The van der Waals surface area contributed by atoms with Gasteiger partial charge in [-0.05, 0) is 19.9 Å². The van der Waals surface area contributed by atoms with E-state index >= 15 is 0 Å². The number of aryl methyl sites for hydroxylation is 1. The largest absolute Gasteiger partial charge is 0.481 e. The lowest BCUT2D eigenvalue weighted by atomic mass is 10.1. The van der Waals surface area contributed by atoms with Crippen LogP contribution in [0.1, 0.15) is 30.6 Å². The van der Waals surface area contributed by atoms with Crippen LogP contribution in [0, 0.1) is 0 Å². The van der Waals surface area contributed by atoms with Crippen molar-refractivity contribution in [1.29, 1.82) is 0 Å². The molecule has 1 aromatic carbocycles. The van der Waals surface area contributed by atoms with Crippen molar-refractivity contribution in [1.82, 2.24) is 9.88 Å². The van der Waals surface area contributed by atoms with Crippen molar-refractivity contribution < 1.29 is 14.7 Å². The summed E-state index contributed by atoms with van der Waals surface area (Å²) in [7, 11) is 0. The maximum absolute atomic E-state index is 12.3. The molecule has 0 saturated carbocycles. The molecule has 2 rings (SSSR count). The molecule has 0 aliphatic heterocycles. The number of benzene rings is 1. The second kappa shape index (κ2) is 5.77. The summed E-state index contributed by atoms with van der Waals surface area (Å²) in [5, 5.41) is 12.3. The van der Waals surface area contributed by atoms with Crippen LogP contribution in [0.5, 0.6) is 0 Å². The summed E-state index contributed by atoms with van der Waals surface area (Å²) in [6, 6.07) is 7.29. The van der Waals surface area contributed by atoms with Gasteiger partial charge in [-0.25, -0.2) is 0 Å². The highest BCUT2D eigenvalue weighted by Crippen LogP contribution is 2.21. The predicted molar refractivity (Wildman–Crippen MR) is 76.8 cm³/mol. The molecular formula is C15H18N2O3. The van der Waals surface area contributed by atoms with E-state index in [0.29, 0.717) is 5.56 Å². The van der Waals surface area contributed by atoms with Crippen molar-refractivity contribution >= 4 is 22.8 Å². The highest BCUT2D eigenvalue weighted by Gasteiger charge is 2.17. The number of aromatic nitrogens is 1. The average Bonchev–Trinajstić information content (AvgIpc) is 2.76. The van der Waals surface area contributed by atoms with E-state index in [1.807, 2.05) is 42.0 Å². The smallest absolute Gasteiger partial charge is 0.305 e. The normalized spacial score (nSPS) is 12.3. The number of hydrogen-bond donors (Lipinski definition) is 2. The van der Waals surface area contributed by atoms with Crippen molar-refractivity contribution in [2.24, 2.45) is 0 Å². The number of carbonyl (C=O) groups is 2. The minimum atomic E-state index is -0.922. The SMILES string of the molecule is CCn1cc(C(=O)NC(C)CC(=O)O)c2ccccc21. The summed E-state index contributed by atoms with van der Waals surface area (Å²) in [6.07, 6.45) is 1.73. The van der Waals surface area contributed by atoms with Crippen LogP contribution in [0.25, 0.3) is 10.9 Å². The molecule has 1 amide bonds. The first kappa shape index (κ1) is 14.1. The summed E-state index contributed by atoms with van der Waals surface area (Å²) in [5.41, 5.74) is 1.59. The first-order chi connectivity index (χ1) is 9.52. The molecule has 1 aromatic heterocycles. The number of nitrogens with zero attached hydrogens (tertiary/aromatic N) is 1. The van der Waals surface area contributed by atoms with Crippen LogP contribution in [0.15, 0.2) is 30.5 Å². The van der Waals surface area contributed by atoms with Gasteiger partial charge >= 0.3 is 5.97 Å². The molecule has 0 saturated heterocycles. The summed E-state index contributed by atoms with van der Waals surface area (Å²) < 4.78 is 2.01. The zero-order valence-electron chi connectivity index (χ0n) is 11.6. The Morgan fingerprint density at radius 1 is 1.35 bits per heavy atom. The van der Waals surface area contributed by atoms with Crippen LogP contribution in [-0.2, 0) is 11.3 Å². The van der Waals surface area contributed by atoms with Gasteiger partial charge in [-0.15, -0.1) is 0 Å². The van der Waals surface area contributed by atoms with Gasteiger partial charge in [0.05, 0.1) is 12.0 Å². The van der Waals surface area contributed by atoms with E-state index < -0.39 is 12.0 Å². The molecule has 0 aliphatic carbocycles. The number of fused-ring (bicyclic) bond motifs is 1. The van der Waals surface area contributed by atoms with Gasteiger partial charge in [-0.1, -0.05) is 18.2 Å². The van der Waals surface area contributed by atoms with Crippen LogP contribution in [-0.4, -0.2) is 27.6 Å². The fourth-order valence-electron chi connectivity index (χ4n) is 2.30. The zero-order chi connectivity index (χ0) is 14.7. The van der Waals surface area contributed by atoms with Crippen LogP contribution < -0.4 is 5.32 Å². The van der Waals surface area contributed by atoms with Crippen molar-refractivity contribution in [3.05, 3.63) is 36.0 Å². The standard InChI is InChI=1S/C15H18N2O3/c1-3-17-9-12(11-6-4-5-7-13(11)17)15(20)16-10(2)8-14(18)19/h4-7,9-10H,3,8H2,1-2H3,(H,16,20)(H,18,19). The van der Waals surface area contributed by atoms with Gasteiger partial charge in [-0.3, -0.25) is 9.59 Å². The predicted octanol–water partition coefficient (Wildman–Crippen LogP) is 2.25. The highest BCUT2D eigenvalue weighted by atomic mass is 16.4. The van der Waals surface area contributed by atoms with Gasteiger partial charge in [0.15, 0.2) is 0 Å². The van der Waals surface area contributed by atoms with Gasteiger partial charge in [0.2, 0.25) is 0 Å². The highest BCUT2D eigenvalue weighted by molar-refractivity contribution is 6.07. The lowest BCUT2D eigenvalue weighted by molar-refractivity contribution is -0.137. The van der Waals surface area contributed by atoms with Crippen LogP contribution in [0.3, 0.4) is 0 Å². The third-order valence-corrected chi connectivity index (χ3v) is 3.23. The maximum atomic E-state index is 12.3. The number of amides is 1. The number of nitrogens with one attached hydrogen (secondary N) is 1. The molecule has 106 valence electrons. The summed E-state index contributed by atoms with van der Waals surface area (Å²) in [6.45, 7) is 4.48. The Morgan fingerprint density at radius 3 is 2.70 bits per heavy atom. The number of carboxylic acid groups (broad SMARTS) is 1. The Bertz CT molecular complexity index is 646. The van der Waals surface area contributed by atoms with Gasteiger partial charge in [0.1, 0.15) is 0 Å². The molecule has 5 heteroatoms. The van der Waals surface area contributed by atoms with Crippen molar-refractivity contribution in [2.45, 2.75) is 32.9 Å². The number of carbonyl (C=O) groups excluding carboxylic acids is 1. The van der Waals surface area contributed by atoms with Crippen LogP contribution in [0.4, 0.5) is 0 Å². The number of aliphatic carboxylic acids is 1. The van der Waals surface area contributed by atoms with E-state index in [-0.39, 0.29) is 12.3 Å². The van der Waals surface area contributed by atoms with E-state index in [9.17, 15) is 9.59 Å². The van der Waals surface area contributed by atoms with E-state index in [1.54, 1.807) is 6.92 Å². The molecule has 5 nitrogen and oxygen atoms in total. The fraction of sp³-hybridized carbons (Fsp3) is 0.333. The first-order valence-corrected chi connectivity index (χ1v) is 6.63. The van der Waals surface area contributed by atoms with Gasteiger partial charge in [0, 0.05) is 29.7 Å². The Hall–Kier alpha value is -2.30.